The molecule has 1 aromatic carbocycles. The van der Waals surface area contributed by atoms with Crippen molar-refractivity contribution in [2.75, 3.05) is 18.9 Å². The Labute approximate surface area is 125 Å². The number of nitrogens with two attached hydrogens (primary N) is 1. The maximum Gasteiger partial charge on any atom is 0.328 e. The van der Waals surface area contributed by atoms with E-state index in [1.54, 1.807) is 17.9 Å². The third kappa shape index (κ3) is 3.01. The molecule has 2 N–H and O–H groups in total. The van der Waals surface area contributed by atoms with E-state index in [1.807, 2.05) is 19.9 Å². The monoisotopic (exact) mass is 290 g/mol. The molecular formula is C16H22N2O3. The lowest BCUT2D eigenvalue weighted by Crippen LogP contribution is -2.41. The van der Waals surface area contributed by atoms with Crippen molar-refractivity contribution in [3.05, 3.63) is 28.8 Å². The second-order valence-corrected chi connectivity index (χ2v) is 5.43. The number of likely N-dealkylation sites (tertiary alicyclic amines) is 1. The minimum absolute atomic E-state index is 0.144. The summed E-state index contributed by atoms with van der Waals surface area (Å²) in [5.41, 5.74) is 8.89. The molecule has 1 aliphatic heterocycles. The van der Waals surface area contributed by atoms with Crippen molar-refractivity contribution >= 4 is 17.6 Å². The Hall–Kier alpha value is -2.04. The number of aryl methyl sites for hydroxylation is 2. The van der Waals surface area contributed by atoms with Crippen molar-refractivity contribution in [1.29, 1.82) is 0 Å². The molecule has 1 atom stereocenters. The number of benzene rings is 1. The van der Waals surface area contributed by atoms with Gasteiger partial charge in [-0.1, -0.05) is 6.07 Å². The molecule has 114 valence electrons. The van der Waals surface area contributed by atoms with E-state index in [0.29, 0.717) is 30.8 Å². The molecule has 21 heavy (non-hydrogen) atoms. The largest absolute Gasteiger partial charge is 0.464 e. The summed E-state index contributed by atoms with van der Waals surface area (Å²) in [6.45, 7) is 6.47. The molecule has 2 rings (SSSR count). The number of hydrogen-bond acceptors (Lipinski definition) is 4. The van der Waals surface area contributed by atoms with Crippen LogP contribution in [-0.2, 0) is 9.53 Å². The number of nitrogens with zero attached hydrogens (tertiary/aromatic N) is 1. The number of esters is 1. The van der Waals surface area contributed by atoms with Crippen LogP contribution in [0.25, 0.3) is 0 Å². The molecule has 1 unspecified atom stereocenters. The molecular weight excluding hydrogens is 268 g/mol. The Morgan fingerprint density at radius 2 is 2.05 bits per heavy atom. The highest BCUT2D eigenvalue weighted by atomic mass is 16.5. The number of amides is 1. The van der Waals surface area contributed by atoms with Gasteiger partial charge in [0.1, 0.15) is 6.04 Å². The third-order valence-electron chi connectivity index (χ3n) is 3.92. The fourth-order valence-electron chi connectivity index (χ4n) is 2.75. The van der Waals surface area contributed by atoms with Gasteiger partial charge in [-0.3, -0.25) is 4.79 Å². The Bertz CT molecular complexity index is 569. The second kappa shape index (κ2) is 6.16. The summed E-state index contributed by atoms with van der Waals surface area (Å²) in [5, 5.41) is 0. The van der Waals surface area contributed by atoms with E-state index >= 15 is 0 Å². The number of carbonyl (C=O) groups excluding carboxylic acids is 2. The quantitative estimate of drug-likeness (QED) is 0.683. The molecule has 0 aliphatic carbocycles. The van der Waals surface area contributed by atoms with Gasteiger partial charge in [0.05, 0.1) is 6.61 Å². The van der Waals surface area contributed by atoms with Gasteiger partial charge in [0.15, 0.2) is 0 Å². The number of nitrogen functional groups attached to an aromatic ring is 1. The fraction of sp³-hybridized carbons (Fsp3) is 0.500. The topological polar surface area (TPSA) is 72.6 Å². The van der Waals surface area contributed by atoms with Crippen LogP contribution in [-0.4, -0.2) is 36.0 Å². The molecule has 0 saturated carbocycles. The highest BCUT2D eigenvalue weighted by molar-refractivity contribution is 5.99. The molecule has 5 heteroatoms. The Morgan fingerprint density at radius 1 is 1.33 bits per heavy atom. The average molecular weight is 290 g/mol. The van der Waals surface area contributed by atoms with Gasteiger partial charge in [-0.05, 0) is 50.8 Å². The van der Waals surface area contributed by atoms with Crippen molar-refractivity contribution in [3.63, 3.8) is 0 Å². The summed E-state index contributed by atoms with van der Waals surface area (Å²) >= 11 is 0. The van der Waals surface area contributed by atoms with Crippen molar-refractivity contribution in [3.8, 4) is 0 Å². The SMILES string of the molecule is CCOC(=O)C1CCCN1C(=O)c1cc(N)c(C)cc1C. The molecule has 1 saturated heterocycles. The van der Waals surface area contributed by atoms with Gasteiger partial charge in [-0.15, -0.1) is 0 Å². The number of ether oxygens (including phenoxy) is 1. The summed E-state index contributed by atoms with van der Waals surface area (Å²) < 4.78 is 5.06. The van der Waals surface area contributed by atoms with Crippen LogP contribution in [0.3, 0.4) is 0 Å². The fourth-order valence-corrected chi connectivity index (χ4v) is 2.75. The molecule has 1 aliphatic rings. The van der Waals surface area contributed by atoms with Crippen LogP contribution in [0.1, 0.15) is 41.3 Å². The Kier molecular flexibility index (Phi) is 4.50. The molecule has 0 radical (unpaired) electrons. The lowest BCUT2D eigenvalue weighted by atomic mass is 10.0. The number of anilines is 1. The lowest BCUT2D eigenvalue weighted by molar-refractivity contribution is -0.147. The van der Waals surface area contributed by atoms with Crippen molar-refractivity contribution in [1.82, 2.24) is 4.90 Å². The Morgan fingerprint density at radius 3 is 2.71 bits per heavy atom. The number of hydrogen-bond donors (Lipinski definition) is 1. The first-order valence-corrected chi connectivity index (χ1v) is 7.30. The zero-order chi connectivity index (χ0) is 15.6. The molecule has 1 amide bonds. The Balaban J connectivity index is 2.27. The van der Waals surface area contributed by atoms with Crippen LogP contribution in [0.5, 0.6) is 0 Å². The van der Waals surface area contributed by atoms with Crippen LogP contribution in [0.4, 0.5) is 5.69 Å². The second-order valence-electron chi connectivity index (χ2n) is 5.43. The maximum atomic E-state index is 12.7. The highest BCUT2D eigenvalue weighted by Gasteiger charge is 2.36. The summed E-state index contributed by atoms with van der Waals surface area (Å²) in [7, 11) is 0. The summed E-state index contributed by atoms with van der Waals surface area (Å²) in [6, 6.07) is 3.13. The van der Waals surface area contributed by atoms with E-state index in [-0.39, 0.29) is 11.9 Å². The van der Waals surface area contributed by atoms with Gasteiger partial charge in [0, 0.05) is 17.8 Å². The summed E-state index contributed by atoms with van der Waals surface area (Å²) in [4.78, 5) is 26.3. The predicted molar refractivity (Wildman–Crippen MR) is 81.0 cm³/mol. The third-order valence-corrected chi connectivity index (χ3v) is 3.92. The maximum absolute atomic E-state index is 12.7. The molecule has 0 bridgehead atoms. The van der Waals surface area contributed by atoms with Crippen molar-refractivity contribution in [2.24, 2.45) is 0 Å². The highest BCUT2D eigenvalue weighted by Crippen LogP contribution is 2.25. The number of carbonyl (C=O) groups is 2. The first-order chi connectivity index (χ1) is 9.95. The van der Waals surface area contributed by atoms with E-state index in [2.05, 4.69) is 0 Å². The zero-order valence-corrected chi connectivity index (χ0v) is 12.8. The van der Waals surface area contributed by atoms with Gasteiger partial charge in [0.25, 0.3) is 5.91 Å². The van der Waals surface area contributed by atoms with E-state index in [9.17, 15) is 9.59 Å². The van der Waals surface area contributed by atoms with Crippen LogP contribution < -0.4 is 5.73 Å². The smallest absolute Gasteiger partial charge is 0.328 e. The van der Waals surface area contributed by atoms with Crippen LogP contribution in [0.15, 0.2) is 12.1 Å². The number of rotatable bonds is 3. The van der Waals surface area contributed by atoms with Gasteiger partial charge in [0.2, 0.25) is 0 Å². The summed E-state index contributed by atoms with van der Waals surface area (Å²) in [5.74, 6) is -0.462. The molecule has 0 aromatic heterocycles. The first kappa shape index (κ1) is 15.4. The van der Waals surface area contributed by atoms with E-state index < -0.39 is 6.04 Å². The van der Waals surface area contributed by atoms with Gasteiger partial charge in [-0.2, -0.15) is 0 Å². The zero-order valence-electron chi connectivity index (χ0n) is 12.8. The van der Waals surface area contributed by atoms with Crippen molar-refractivity contribution in [2.45, 2.75) is 39.7 Å². The van der Waals surface area contributed by atoms with E-state index in [1.165, 1.54) is 0 Å². The minimum Gasteiger partial charge on any atom is -0.464 e. The molecule has 1 heterocycles. The van der Waals surface area contributed by atoms with Crippen LogP contribution in [0.2, 0.25) is 0 Å². The minimum atomic E-state index is -0.473. The van der Waals surface area contributed by atoms with Crippen molar-refractivity contribution < 1.29 is 14.3 Å². The summed E-state index contributed by atoms with van der Waals surface area (Å²) in [6.07, 6.45) is 1.47. The van der Waals surface area contributed by atoms with Gasteiger partial charge in [-0.25, -0.2) is 4.79 Å². The molecule has 1 fully saturated rings. The van der Waals surface area contributed by atoms with Crippen LogP contribution in [0, 0.1) is 13.8 Å². The van der Waals surface area contributed by atoms with Gasteiger partial charge < -0.3 is 15.4 Å². The first-order valence-electron chi connectivity index (χ1n) is 7.30. The van der Waals surface area contributed by atoms with Gasteiger partial charge >= 0.3 is 5.97 Å². The molecule has 5 nitrogen and oxygen atoms in total. The normalized spacial score (nSPS) is 17.9. The predicted octanol–water partition coefficient (Wildman–Crippen LogP) is 2.05. The molecule has 0 spiro atoms. The van der Waals surface area contributed by atoms with Crippen LogP contribution >= 0.6 is 0 Å². The molecule has 1 aromatic rings. The van der Waals surface area contributed by atoms with E-state index in [4.69, 9.17) is 10.5 Å². The lowest BCUT2D eigenvalue weighted by Gasteiger charge is -2.24. The van der Waals surface area contributed by atoms with E-state index in [0.717, 1.165) is 17.5 Å². The average Bonchev–Trinajstić information content (AvgIpc) is 2.91. The standard InChI is InChI=1S/C16H22N2O3/c1-4-21-16(20)14-6-5-7-18(14)15(19)12-9-13(17)11(3)8-10(12)2/h8-9,14H,4-7,17H2,1-3H3.